The Morgan fingerprint density at radius 1 is 1.33 bits per heavy atom. The van der Waals surface area contributed by atoms with Crippen LogP contribution in [0.4, 0.5) is 4.39 Å². The quantitative estimate of drug-likeness (QED) is 0.789. The van der Waals surface area contributed by atoms with E-state index in [4.69, 9.17) is 4.55 Å². The number of rotatable bonds is 3. The van der Waals surface area contributed by atoms with E-state index < -0.39 is 27.1 Å². The molecular weight excluding hydrogens is 223 g/mol. The van der Waals surface area contributed by atoms with E-state index in [1.54, 1.807) is 6.92 Å². The van der Waals surface area contributed by atoms with Crippen molar-refractivity contribution in [2.75, 3.05) is 0 Å². The van der Waals surface area contributed by atoms with Gasteiger partial charge in [-0.25, -0.2) is 14.4 Å². The lowest BCUT2D eigenvalue weighted by atomic mass is 10.1. The Hall–Kier alpha value is -1.08. The van der Waals surface area contributed by atoms with E-state index in [0.29, 0.717) is 0 Å². The summed E-state index contributed by atoms with van der Waals surface area (Å²) in [5.41, 5.74) is 0. The van der Waals surface area contributed by atoms with Gasteiger partial charge in [0.1, 0.15) is 5.82 Å². The fourth-order valence-corrected chi connectivity index (χ4v) is 1.66. The molecule has 0 aliphatic heterocycles. The number of nitrogens with zero attached hydrogens (tertiary/aromatic N) is 2. The summed E-state index contributed by atoms with van der Waals surface area (Å²) in [6.07, 6.45) is 1.91. The Balaban J connectivity index is 2.95. The minimum Gasteiger partial charge on any atom is -0.285 e. The second-order valence-corrected chi connectivity index (χ2v) is 5.04. The maximum absolute atomic E-state index is 12.5. The SMILES string of the molecule is C[C@H](c1ncc(F)cn1)[C@@H](C)S(=O)(=O)O. The van der Waals surface area contributed by atoms with Crippen LogP contribution in [0.5, 0.6) is 0 Å². The normalized spacial score (nSPS) is 16.0. The van der Waals surface area contributed by atoms with Gasteiger partial charge >= 0.3 is 0 Å². The monoisotopic (exact) mass is 234 g/mol. The average molecular weight is 234 g/mol. The zero-order valence-corrected chi connectivity index (χ0v) is 9.07. The molecule has 0 aliphatic rings. The van der Waals surface area contributed by atoms with E-state index in [-0.39, 0.29) is 5.82 Å². The van der Waals surface area contributed by atoms with Crippen molar-refractivity contribution in [3.8, 4) is 0 Å². The number of hydrogen-bond acceptors (Lipinski definition) is 4. The Morgan fingerprint density at radius 3 is 2.20 bits per heavy atom. The number of halogens is 1. The molecule has 0 unspecified atom stereocenters. The molecule has 7 heteroatoms. The Bertz CT molecular complexity index is 432. The molecule has 0 fully saturated rings. The number of hydrogen-bond donors (Lipinski definition) is 1. The average Bonchev–Trinajstić information content (AvgIpc) is 2.15. The van der Waals surface area contributed by atoms with E-state index in [0.717, 1.165) is 12.4 Å². The van der Waals surface area contributed by atoms with Gasteiger partial charge in [-0.3, -0.25) is 4.55 Å². The predicted molar refractivity (Wildman–Crippen MR) is 51.4 cm³/mol. The van der Waals surface area contributed by atoms with Gasteiger partial charge in [0.15, 0.2) is 5.82 Å². The zero-order chi connectivity index (χ0) is 11.6. The molecule has 0 saturated heterocycles. The van der Waals surface area contributed by atoms with Crippen molar-refractivity contribution in [3.63, 3.8) is 0 Å². The van der Waals surface area contributed by atoms with E-state index in [2.05, 4.69) is 9.97 Å². The predicted octanol–water partition coefficient (Wildman–Crippen LogP) is 0.996. The van der Waals surface area contributed by atoms with Crippen molar-refractivity contribution in [2.45, 2.75) is 25.0 Å². The molecule has 0 saturated carbocycles. The summed E-state index contributed by atoms with van der Waals surface area (Å²) in [4.78, 5) is 7.30. The van der Waals surface area contributed by atoms with Crippen LogP contribution in [0, 0.1) is 5.82 Å². The molecule has 0 bridgehead atoms. The molecule has 0 spiro atoms. The fourth-order valence-electron chi connectivity index (χ4n) is 1.03. The summed E-state index contributed by atoms with van der Waals surface area (Å²) in [6, 6.07) is 0. The maximum Gasteiger partial charge on any atom is 0.268 e. The second-order valence-electron chi connectivity index (χ2n) is 3.27. The van der Waals surface area contributed by atoms with Crippen LogP contribution in [-0.2, 0) is 10.1 Å². The van der Waals surface area contributed by atoms with Crippen LogP contribution in [0.2, 0.25) is 0 Å². The topological polar surface area (TPSA) is 80.2 Å². The molecule has 0 radical (unpaired) electrons. The summed E-state index contributed by atoms with van der Waals surface area (Å²) in [6.45, 7) is 2.89. The summed E-state index contributed by atoms with van der Waals surface area (Å²) in [5, 5.41) is -1.03. The first-order chi connectivity index (χ1) is 6.82. The third-order valence-electron chi connectivity index (χ3n) is 2.22. The zero-order valence-electron chi connectivity index (χ0n) is 8.25. The Kier molecular flexibility index (Phi) is 3.35. The van der Waals surface area contributed by atoms with Gasteiger partial charge in [0, 0.05) is 5.92 Å². The van der Waals surface area contributed by atoms with Gasteiger partial charge in [0.05, 0.1) is 17.6 Å². The highest BCUT2D eigenvalue weighted by atomic mass is 32.2. The smallest absolute Gasteiger partial charge is 0.268 e. The lowest BCUT2D eigenvalue weighted by Crippen LogP contribution is -2.24. The van der Waals surface area contributed by atoms with E-state index in [9.17, 15) is 12.8 Å². The third-order valence-corrected chi connectivity index (χ3v) is 3.57. The standard InChI is InChI=1S/C8H11FN2O3S/c1-5(6(2)15(12,13)14)8-10-3-7(9)4-11-8/h3-6H,1-2H3,(H,12,13,14)/t5-,6+/m0/s1. The fraction of sp³-hybridized carbons (Fsp3) is 0.500. The van der Waals surface area contributed by atoms with Crippen LogP contribution in [0.1, 0.15) is 25.6 Å². The van der Waals surface area contributed by atoms with Crippen molar-refractivity contribution in [1.82, 2.24) is 9.97 Å². The van der Waals surface area contributed by atoms with Crippen molar-refractivity contribution in [3.05, 3.63) is 24.0 Å². The first-order valence-electron chi connectivity index (χ1n) is 4.26. The summed E-state index contributed by atoms with van der Waals surface area (Å²) in [5.74, 6) is -1.01. The molecule has 1 rings (SSSR count). The van der Waals surface area contributed by atoms with E-state index in [1.165, 1.54) is 6.92 Å². The highest BCUT2D eigenvalue weighted by molar-refractivity contribution is 7.86. The molecule has 1 N–H and O–H groups in total. The van der Waals surface area contributed by atoms with Crippen LogP contribution in [0.25, 0.3) is 0 Å². The first-order valence-corrected chi connectivity index (χ1v) is 5.76. The molecule has 15 heavy (non-hydrogen) atoms. The minimum absolute atomic E-state index is 0.182. The molecule has 1 aromatic rings. The molecule has 0 amide bonds. The van der Waals surface area contributed by atoms with Gasteiger partial charge in [0.25, 0.3) is 10.1 Å². The molecule has 1 heterocycles. The Labute approximate surface area is 87.1 Å². The third kappa shape index (κ3) is 2.93. The van der Waals surface area contributed by atoms with Crippen LogP contribution < -0.4 is 0 Å². The van der Waals surface area contributed by atoms with Gasteiger partial charge in [0.2, 0.25) is 0 Å². The second kappa shape index (κ2) is 4.19. The lowest BCUT2D eigenvalue weighted by Gasteiger charge is -2.15. The lowest BCUT2D eigenvalue weighted by molar-refractivity contribution is 0.458. The highest BCUT2D eigenvalue weighted by Gasteiger charge is 2.27. The highest BCUT2D eigenvalue weighted by Crippen LogP contribution is 2.19. The maximum atomic E-state index is 12.5. The van der Waals surface area contributed by atoms with E-state index >= 15 is 0 Å². The molecule has 0 aliphatic carbocycles. The van der Waals surface area contributed by atoms with Crippen molar-refractivity contribution >= 4 is 10.1 Å². The van der Waals surface area contributed by atoms with Crippen molar-refractivity contribution < 1.29 is 17.4 Å². The molecule has 2 atom stereocenters. The molecular formula is C8H11FN2O3S. The summed E-state index contributed by atoms with van der Waals surface area (Å²) in [7, 11) is -4.13. The van der Waals surface area contributed by atoms with Gasteiger partial charge in [-0.1, -0.05) is 6.92 Å². The summed E-state index contributed by atoms with van der Waals surface area (Å²) < 4.78 is 43.0. The van der Waals surface area contributed by atoms with Crippen molar-refractivity contribution in [2.24, 2.45) is 0 Å². The first kappa shape index (κ1) is 12.0. The van der Waals surface area contributed by atoms with Gasteiger partial charge in [-0.2, -0.15) is 8.42 Å². The van der Waals surface area contributed by atoms with E-state index in [1.807, 2.05) is 0 Å². The molecule has 1 aromatic heterocycles. The van der Waals surface area contributed by atoms with Crippen molar-refractivity contribution in [1.29, 1.82) is 0 Å². The van der Waals surface area contributed by atoms with Gasteiger partial charge in [-0.15, -0.1) is 0 Å². The Morgan fingerprint density at radius 2 is 1.80 bits per heavy atom. The van der Waals surface area contributed by atoms with Gasteiger partial charge in [-0.05, 0) is 6.92 Å². The van der Waals surface area contributed by atoms with Crippen LogP contribution in [0.3, 0.4) is 0 Å². The van der Waals surface area contributed by atoms with Gasteiger partial charge < -0.3 is 0 Å². The van der Waals surface area contributed by atoms with Crippen LogP contribution >= 0.6 is 0 Å². The molecule has 0 aromatic carbocycles. The summed E-state index contributed by atoms with van der Waals surface area (Å²) >= 11 is 0. The molecule has 5 nitrogen and oxygen atoms in total. The largest absolute Gasteiger partial charge is 0.285 e. The minimum atomic E-state index is -4.13. The number of aromatic nitrogens is 2. The van der Waals surface area contributed by atoms with Crippen LogP contribution in [-0.4, -0.2) is 28.2 Å². The molecule has 84 valence electrons. The van der Waals surface area contributed by atoms with Crippen LogP contribution in [0.15, 0.2) is 12.4 Å².